The molecule has 0 radical (unpaired) electrons. The number of sulfonamides is 1. The third-order valence-electron chi connectivity index (χ3n) is 3.49. The molecule has 4 nitrogen and oxygen atoms in total. The van der Waals surface area contributed by atoms with Crippen LogP contribution in [0.4, 0.5) is 17.1 Å². The number of hydrogen-bond donors (Lipinski definition) is 2. The van der Waals surface area contributed by atoms with E-state index in [2.05, 4.69) is 10.0 Å². The SMILES string of the molecule is Cc1ccc(Nc2ccccc2NS(=O)(=O)CCC(C)C)cc1. The van der Waals surface area contributed by atoms with Gasteiger partial charge in [0.2, 0.25) is 10.0 Å². The summed E-state index contributed by atoms with van der Waals surface area (Å²) in [5.74, 6) is 0.483. The molecule has 0 amide bonds. The summed E-state index contributed by atoms with van der Waals surface area (Å²) in [7, 11) is -3.34. The van der Waals surface area contributed by atoms with Crippen molar-refractivity contribution in [1.29, 1.82) is 0 Å². The summed E-state index contributed by atoms with van der Waals surface area (Å²) in [5, 5.41) is 3.26. The van der Waals surface area contributed by atoms with Crippen LogP contribution in [-0.4, -0.2) is 14.2 Å². The van der Waals surface area contributed by atoms with Crippen molar-refractivity contribution in [2.24, 2.45) is 5.92 Å². The van der Waals surface area contributed by atoms with Crippen LogP contribution in [0.2, 0.25) is 0 Å². The lowest BCUT2D eigenvalue weighted by atomic mass is 10.2. The molecule has 5 heteroatoms. The van der Waals surface area contributed by atoms with E-state index in [9.17, 15) is 8.42 Å². The highest BCUT2D eigenvalue weighted by atomic mass is 32.2. The van der Waals surface area contributed by atoms with Crippen LogP contribution in [0.3, 0.4) is 0 Å². The second kappa shape index (κ2) is 7.51. The van der Waals surface area contributed by atoms with Gasteiger partial charge in [0.25, 0.3) is 0 Å². The number of benzene rings is 2. The minimum absolute atomic E-state index is 0.129. The molecule has 2 rings (SSSR count). The van der Waals surface area contributed by atoms with Gasteiger partial charge in [-0.25, -0.2) is 8.42 Å². The Kier molecular flexibility index (Phi) is 5.66. The molecule has 0 unspecified atom stereocenters. The zero-order valence-corrected chi connectivity index (χ0v) is 14.7. The number of para-hydroxylation sites is 2. The highest BCUT2D eigenvalue weighted by Crippen LogP contribution is 2.26. The van der Waals surface area contributed by atoms with Crippen LogP contribution in [-0.2, 0) is 10.0 Å². The molecule has 0 atom stereocenters. The van der Waals surface area contributed by atoms with Crippen LogP contribution in [0.15, 0.2) is 48.5 Å². The molecule has 0 aliphatic rings. The molecule has 0 aromatic heterocycles. The number of hydrogen-bond acceptors (Lipinski definition) is 3. The topological polar surface area (TPSA) is 58.2 Å². The first-order valence-electron chi connectivity index (χ1n) is 7.79. The van der Waals surface area contributed by atoms with Crippen LogP contribution in [0.1, 0.15) is 25.8 Å². The zero-order valence-electron chi connectivity index (χ0n) is 13.8. The van der Waals surface area contributed by atoms with Gasteiger partial charge in [0.1, 0.15) is 0 Å². The van der Waals surface area contributed by atoms with Crippen molar-refractivity contribution in [2.75, 3.05) is 15.8 Å². The minimum atomic E-state index is -3.34. The summed E-state index contributed by atoms with van der Waals surface area (Å²) in [6, 6.07) is 15.3. The Bertz CT molecular complexity index is 738. The summed E-state index contributed by atoms with van der Waals surface area (Å²) in [5.41, 5.74) is 3.41. The summed E-state index contributed by atoms with van der Waals surface area (Å²) >= 11 is 0. The van der Waals surface area contributed by atoms with Crippen molar-refractivity contribution in [2.45, 2.75) is 27.2 Å². The van der Waals surface area contributed by atoms with Crippen molar-refractivity contribution in [3.8, 4) is 0 Å². The Morgan fingerprint density at radius 2 is 1.57 bits per heavy atom. The predicted molar refractivity (Wildman–Crippen MR) is 97.8 cm³/mol. The third-order valence-corrected chi connectivity index (χ3v) is 4.79. The van der Waals surface area contributed by atoms with E-state index < -0.39 is 10.0 Å². The molecule has 0 bridgehead atoms. The lowest BCUT2D eigenvalue weighted by molar-refractivity contribution is 0.578. The van der Waals surface area contributed by atoms with E-state index in [-0.39, 0.29) is 5.75 Å². The van der Waals surface area contributed by atoms with Crippen LogP contribution in [0, 0.1) is 12.8 Å². The van der Waals surface area contributed by atoms with Gasteiger partial charge in [0.05, 0.1) is 17.1 Å². The van der Waals surface area contributed by atoms with Gasteiger partial charge >= 0.3 is 0 Å². The highest BCUT2D eigenvalue weighted by Gasteiger charge is 2.13. The van der Waals surface area contributed by atoms with Gasteiger partial charge in [0, 0.05) is 5.69 Å². The van der Waals surface area contributed by atoms with Crippen molar-refractivity contribution >= 4 is 27.1 Å². The van der Waals surface area contributed by atoms with E-state index in [1.807, 2.05) is 63.2 Å². The molecule has 0 saturated heterocycles. The lowest BCUT2D eigenvalue weighted by Gasteiger charge is -2.15. The predicted octanol–water partition coefficient (Wildman–Crippen LogP) is 4.53. The zero-order chi connectivity index (χ0) is 16.9. The molecule has 0 aliphatic carbocycles. The van der Waals surface area contributed by atoms with Gasteiger partial charge in [-0.3, -0.25) is 4.72 Å². The molecule has 23 heavy (non-hydrogen) atoms. The molecule has 0 aliphatic heterocycles. The quantitative estimate of drug-likeness (QED) is 0.783. The van der Waals surface area contributed by atoms with Crippen molar-refractivity contribution in [3.63, 3.8) is 0 Å². The van der Waals surface area contributed by atoms with E-state index in [0.717, 1.165) is 11.4 Å². The molecule has 124 valence electrons. The number of anilines is 3. The third kappa shape index (κ3) is 5.60. The highest BCUT2D eigenvalue weighted by molar-refractivity contribution is 7.92. The molecule has 0 fully saturated rings. The molecule has 2 aromatic rings. The van der Waals surface area contributed by atoms with E-state index in [1.165, 1.54) is 5.56 Å². The number of nitrogens with one attached hydrogen (secondary N) is 2. The van der Waals surface area contributed by atoms with Crippen molar-refractivity contribution in [1.82, 2.24) is 0 Å². The van der Waals surface area contributed by atoms with Gasteiger partial charge in [-0.1, -0.05) is 43.7 Å². The first-order chi connectivity index (χ1) is 10.9. The monoisotopic (exact) mass is 332 g/mol. The molecule has 0 spiro atoms. The fraction of sp³-hybridized carbons (Fsp3) is 0.333. The van der Waals surface area contributed by atoms with Gasteiger partial charge in [-0.15, -0.1) is 0 Å². The maximum atomic E-state index is 12.2. The fourth-order valence-electron chi connectivity index (χ4n) is 2.08. The first kappa shape index (κ1) is 17.3. The van der Waals surface area contributed by atoms with Crippen LogP contribution in [0.5, 0.6) is 0 Å². The number of aryl methyl sites for hydroxylation is 1. The van der Waals surface area contributed by atoms with Crippen LogP contribution < -0.4 is 10.0 Å². The maximum absolute atomic E-state index is 12.2. The lowest BCUT2D eigenvalue weighted by Crippen LogP contribution is -2.18. The fourth-order valence-corrected chi connectivity index (χ4v) is 3.48. The van der Waals surface area contributed by atoms with Crippen LogP contribution in [0.25, 0.3) is 0 Å². The Morgan fingerprint density at radius 1 is 0.957 bits per heavy atom. The molecule has 2 N–H and O–H groups in total. The summed E-state index contributed by atoms with van der Waals surface area (Å²) in [6.45, 7) is 6.06. The second-order valence-electron chi connectivity index (χ2n) is 6.14. The average Bonchev–Trinajstić information content (AvgIpc) is 2.49. The summed E-state index contributed by atoms with van der Waals surface area (Å²) < 4.78 is 27.1. The van der Waals surface area contributed by atoms with Gasteiger partial charge in [-0.05, 0) is 43.5 Å². The van der Waals surface area contributed by atoms with E-state index in [0.29, 0.717) is 18.0 Å². The smallest absolute Gasteiger partial charge is 0.232 e. The Labute approximate surface area is 139 Å². The molecular weight excluding hydrogens is 308 g/mol. The van der Waals surface area contributed by atoms with Crippen molar-refractivity contribution in [3.05, 3.63) is 54.1 Å². The Morgan fingerprint density at radius 3 is 2.17 bits per heavy atom. The number of rotatable bonds is 7. The Balaban J connectivity index is 2.15. The molecule has 0 saturated carbocycles. The molecule has 2 aromatic carbocycles. The summed E-state index contributed by atoms with van der Waals surface area (Å²) in [6.07, 6.45) is 0.642. The van der Waals surface area contributed by atoms with E-state index in [1.54, 1.807) is 6.07 Å². The van der Waals surface area contributed by atoms with Gasteiger partial charge in [0.15, 0.2) is 0 Å². The standard InChI is InChI=1S/C18H24N2O2S/c1-14(2)12-13-23(21,22)20-18-7-5-4-6-17(18)19-16-10-8-15(3)9-11-16/h4-11,14,19-20H,12-13H2,1-3H3. The minimum Gasteiger partial charge on any atom is -0.354 e. The second-order valence-corrected chi connectivity index (χ2v) is 7.98. The van der Waals surface area contributed by atoms with Crippen molar-refractivity contribution < 1.29 is 8.42 Å². The first-order valence-corrected chi connectivity index (χ1v) is 9.44. The van der Waals surface area contributed by atoms with Gasteiger partial charge < -0.3 is 5.32 Å². The average molecular weight is 332 g/mol. The van der Waals surface area contributed by atoms with E-state index in [4.69, 9.17) is 0 Å². The van der Waals surface area contributed by atoms with E-state index >= 15 is 0 Å². The van der Waals surface area contributed by atoms with Crippen LogP contribution >= 0.6 is 0 Å². The summed E-state index contributed by atoms with van der Waals surface area (Å²) in [4.78, 5) is 0. The molecular formula is C18H24N2O2S. The Hall–Kier alpha value is -2.01. The van der Waals surface area contributed by atoms with Gasteiger partial charge in [-0.2, -0.15) is 0 Å². The molecule has 0 heterocycles. The maximum Gasteiger partial charge on any atom is 0.232 e. The normalized spacial score (nSPS) is 11.5. The largest absolute Gasteiger partial charge is 0.354 e.